The van der Waals surface area contributed by atoms with E-state index in [1.165, 1.54) is 4.68 Å². The number of pyridine rings is 1. The van der Waals surface area contributed by atoms with Gasteiger partial charge in [0.25, 0.3) is 0 Å². The van der Waals surface area contributed by atoms with Gasteiger partial charge in [0.15, 0.2) is 16.2 Å². The van der Waals surface area contributed by atoms with E-state index in [1.807, 2.05) is 13.0 Å². The van der Waals surface area contributed by atoms with Crippen molar-refractivity contribution in [2.24, 2.45) is 0 Å². The highest BCUT2D eigenvalue weighted by atomic mass is 35.5. The summed E-state index contributed by atoms with van der Waals surface area (Å²) in [6.07, 6.45) is 1.60. The molecule has 0 aliphatic heterocycles. The van der Waals surface area contributed by atoms with Crippen LogP contribution in [0.4, 0.5) is 0 Å². The predicted octanol–water partition coefficient (Wildman–Crippen LogP) is 3.61. The number of aryl methyl sites for hydroxylation is 1. The fourth-order valence-electron chi connectivity index (χ4n) is 2.12. The van der Waals surface area contributed by atoms with Crippen LogP contribution >= 0.6 is 11.6 Å². The third kappa shape index (κ3) is 2.91. The lowest BCUT2D eigenvalue weighted by Gasteiger charge is -2.16. The molecule has 0 bridgehead atoms. The van der Waals surface area contributed by atoms with Crippen LogP contribution in [0.15, 0.2) is 65.7 Å². The molecule has 22 heavy (non-hydrogen) atoms. The maximum absolute atomic E-state index is 12.4. The molecule has 0 fully saturated rings. The minimum Gasteiger partial charge on any atom is -0.318 e. The van der Waals surface area contributed by atoms with Crippen molar-refractivity contribution >= 4 is 32.5 Å². The van der Waals surface area contributed by atoms with Crippen LogP contribution in [0.25, 0.3) is 15.7 Å². The summed E-state index contributed by atoms with van der Waals surface area (Å²) in [6, 6.07) is 15.4. The van der Waals surface area contributed by atoms with Crippen LogP contribution in [0.5, 0.6) is 0 Å². The first-order valence-electron chi connectivity index (χ1n) is 6.61. The molecule has 0 unspecified atom stereocenters. The average molecular weight is 333 g/mol. The van der Waals surface area contributed by atoms with Crippen molar-refractivity contribution in [1.29, 1.82) is 0 Å². The summed E-state index contributed by atoms with van der Waals surface area (Å²) >= 11 is 5.96. The second-order valence-electron chi connectivity index (χ2n) is 4.93. The Morgan fingerprint density at radius 1 is 1.05 bits per heavy atom. The van der Waals surface area contributed by atoms with Crippen LogP contribution in [0.1, 0.15) is 5.56 Å². The molecule has 0 radical (unpaired) electrons. The molecular weight excluding hydrogens is 320 g/mol. The predicted molar refractivity (Wildman–Crippen MR) is 86.3 cm³/mol. The number of benzene rings is 2. The third-order valence-electron chi connectivity index (χ3n) is 3.25. The zero-order chi connectivity index (χ0) is 15.7. The number of fused-ring (bicyclic) bond motifs is 1. The quantitative estimate of drug-likeness (QED) is 0.688. The molecule has 2 aromatic carbocycles. The molecule has 0 amide bonds. The van der Waals surface area contributed by atoms with E-state index in [2.05, 4.69) is 4.83 Å². The van der Waals surface area contributed by atoms with Crippen LogP contribution < -0.4 is 4.68 Å². The summed E-state index contributed by atoms with van der Waals surface area (Å²) < 4.78 is 26.2. The Hall–Kier alpha value is -2.11. The Balaban J connectivity index is 2.04. The summed E-state index contributed by atoms with van der Waals surface area (Å²) in [5.74, 6) is 0. The first-order chi connectivity index (χ1) is 10.5. The largest absolute Gasteiger partial charge is 0.318 e. The van der Waals surface area contributed by atoms with Gasteiger partial charge in [-0.3, -0.25) is 0 Å². The van der Waals surface area contributed by atoms with Crippen molar-refractivity contribution in [3.05, 3.63) is 76.2 Å². The van der Waals surface area contributed by atoms with Gasteiger partial charge in [-0.05, 0) is 37.3 Å². The molecule has 112 valence electrons. The maximum atomic E-state index is 12.4. The van der Waals surface area contributed by atoms with Crippen LogP contribution in [0, 0.1) is 6.92 Å². The summed E-state index contributed by atoms with van der Waals surface area (Å²) in [7, 11) is -3.78. The lowest BCUT2D eigenvalue weighted by atomic mass is 10.2. The number of hydrogen-bond acceptors (Lipinski definition) is 2. The zero-order valence-electron chi connectivity index (χ0n) is 11.8. The Labute approximate surface area is 134 Å². The Morgan fingerprint density at radius 3 is 2.50 bits per heavy atom. The minimum absolute atomic E-state index is 0.163. The van der Waals surface area contributed by atoms with Crippen molar-refractivity contribution in [3.8, 4) is 0 Å². The van der Waals surface area contributed by atoms with Gasteiger partial charge in [0, 0.05) is 22.5 Å². The normalized spacial score (nSPS) is 11.5. The summed E-state index contributed by atoms with van der Waals surface area (Å²) in [4.78, 5) is 4.06. The van der Waals surface area contributed by atoms with E-state index in [1.54, 1.807) is 54.7 Å². The number of hydrogen-bond donors (Lipinski definition) is 0. The van der Waals surface area contributed by atoms with Crippen molar-refractivity contribution in [3.63, 3.8) is 0 Å². The zero-order valence-corrected chi connectivity index (χ0v) is 13.3. The lowest BCUT2D eigenvalue weighted by molar-refractivity contribution is -0.585. The van der Waals surface area contributed by atoms with Crippen molar-refractivity contribution in [2.75, 3.05) is 0 Å². The number of sulfonamides is 1. The average Bonchev–Trinajstić information content (AvgIpc) is 2.47. The fourth-order valence-corrected chi connectivity index (χ4v) is 3.25. The third-order valence-corrected chi connectivity index (χ3v) is 4.75. The summed E-state index contributed by atoms with van der Waals surface area (Å²) in [5, 5.41) is 1.41. The Kier molecular flexibility index (Phi) is 3.76. The van der Waals surface area contributed by atoms with Gasteiger partial charge in [0.2, 0.25) is 5.52 Å². The molecular formula is C16H13ClN2O2S. The minimum atomic E-state index is -3.78. The molecule has 1 aromatic heterocycles. The van der Waals surface area contributed by atoms with Gasteiger partial charge in [-0.2, -0.15) is 0 Å². The second-order valence-corrected chi connectivity index (χ2v) is 6.95. The van der Waals surface area contributed by atoms with E-state index in [9.17, 15) is 8.42 Å². The van der Waals surface area contributed by atoms with Gasteiger partial charge in [-0.15, -0.1) is 0 Å². The summed E-state index contributed by atoms with van der Waals surface area (Å²) in [5.41, 5.74) is 1.66. The van der Waals surface area contributed by atoms with E-state index >= 15 is 0 Å². The van der Waals surface area contributed by atoms with E-state index in [0.717, 1.165) is 10.9 Å². The molecule has 0 N–H and O–H groups in total. The highest BCUT2D eigenvalue weighted by molar-refractivity contribution is 7.93. The van der Waals surface area contributed by atoms with Gasteiger partial charge in [-0.1, -0.05) is 29.3 Å². The Morgan fingerprint density at radius 2 is 1.77 bits per heavy atom. The molecule has 0 spiro atoms. The van der Waals surface area contributed by atoms with Crippen LogP contribution in [0.2, 0.25) is 5.02 Å². The standard InChI is InChI=1S/C16H13ClN2O2S/c1-12-4-7-15(8-5-12)22(20,21)18-19-10-2-3-13-11-14(17)6-9-16(13)19/h2-11H,1H3. The van der Waals surface area contributed by atoms with Gasteiger partial charge >= 0.3 is 0 Å². The maximum Gasteiger partial charge on any atom is 0.208 e. The van der Waals surface area contributed by atoms with Crippen LogP contribution in [-0.4, -0.2) is 8.42 Å². The molecule has 6 heteroatoms. The second kappa shape index (κ2) is 5.59. The lowest BCUT2D eigenvalue weighted by Crippen LogP contribution is -2.32. The monoisotopic (exact) mass is 332 g/mol. The first-order valence-corrected chi connectivity index (χ1v) is 8.42. The van der Waals surface area contributed by atoms with Gasteiger partial charge in [-0.25, -0.2) is 13.1 Å². The number of halogens is 1. The highest BCUT2D eigenvalue weighted by Crippen LogP contribution is 2.19. The molecule has 0 saturated heterocycles. The number of nitrogens with zero attached hydrogens (tertiary/aromatic N) is 2. The molecule has 0 aliphatic rings. The molecule has 3 rings (SSSR count). The molecule has 4 nitrogen and oxygen atoms in total. The molecule has 0 aliphatic carbocycles. The molecule has 0 atom stereocenters. The highest BCUT2D eigenvalue weighted by Gasteiger charge is 2.11. The fraction of sp³-hybridized carbons (Fsp3) is 0.0625. The van der Waals surface area contributed by atoms with Crippen molar-refractivity contribution in [2.45, 2.75) is 11.8 Å². The van der Waals surface area contributed by atoms with Crippen molar-refractivity contribution in [1.82, 2.24) is 0 Å². The van der Waals surface area contributed by atoms with Crippen molar-refractivity contribution < 1.29 is 13.1 Å². The van der Waals surface area contributed by atoms with Gasteiger partial charge < -0.3 is 4.83 Å². The van der Waals surface area contributed by atoms with Gasteiger partial charge in [0.05, 0.1) is 4.90 Å². The molecule has 0 saturated carbocycles. The van der Waals surface area contributed by atoms with E-state index < -0.39 is 10.0 Å². The first kappa shape index (κ1) is 14.8. The summed E-state index contributed by atoms with van der Waals surface area (Å²) in [6.45, 7) is 1.90. The van der Waals surface area contributed by atoms with Crippen LogP contribution in [-0.2, 0) is 10.0 Å². The molecule has 1 heterocycles. The molecule has 3 aromatic rings. The van der Waals surface area contributed by atoms with E-state index in [4.69, 9.17) is 11.6 Å². The van der Waals surface area contributed by atoms with Crippen LogP contribution in [0.3, 0.4) is 0 Å². The van der Waals surface area contributed by atoms with E-state index in [-0.39, 0.29) is 4.90 Å². The smallest absolute Gasteiger partial charge is 0.208 e. The topological polar surface area (TPSA) is 52.1 Å². The van der Waals surface area contributed by atoms with E-state index in [0.29, 0.717) is 10.5 Å². The number of aromatic nitrogens is 1. The van der Waals surface area contributed by atoms with Gasteiger partial charge in [0.1, 0.15) is 0 Å². The SMILES string of the molecule is Cc1ccc(S(=O)(=O)[N-][n+]2cccc3cc(Cl)ccc32)cc1. The Bertz CT molecular complexity index is 938. The number of rotatable bonds is 3.